The summed E-state index contributed by atoms with van der Waals surface area (Å²) < 4.78 is 31.4. The number of rotatable bonds is 6. The molecule has 8 heteroatoms. The summed E-state index contributed by atoms with van der Waals surface area (Å²) in [5.74, 6) is -1.71. The highest BCUT2D eigenvalue weighted by molar-refractivity contribution is 6.22. The minimum Gasteiger partial charge on any atom is -0.465 e. The predicted octanol–water partition coefficient (Wildman–Crippen LogP) is 3.73. The molecule has 2 aromatic carbocycles. The molecular weight excluding hydrogens is 430 g/mol. The van der Waals surface area contributed by atoms with Gasteiger partial charge in [-0.25, -0.2) is 18.5 Å². The first-order valence-electron chi connectivity index (χ1n) is 11.1. The van der Waals surface area contributed by atoms with Crippen LogP contribution in [0.3, 0.4) is 0 Å². The zero-order valence-corrected chi connectivity index (χ0v) is 18.4. The van der Waals surface area contributed by atoms with Gasteiger partial charge in [-0.3, -0.25) is 14.5 Å². The molecular formula is C25H26F2N2O4. The molecule has 2 fully saturated rings. The molecule has 174 valence electrons. The number of hydrogen-bond acceptors (Lipinski definition) is 5. The smallest absolute Gasteiger partial charge is 0.337 e. The van der Waals surface area contributed by atoms with Crippen molar-refractivity contribution in [2.45, 2.75) is 38.1 Å². The van der Waals surface area contributed by atoms with Gasteiger partial charge in [0, 0.05) is 6.07 Å². The molecule has 1 atom stereocenters. The number of nitrogens with zero attached hydrogens (tertiary/aromatic N) is 2. The molecule has 2 heterocycles. The van der Waals surface area contributed by atoms with E-state index in [4.69, 9.17) is 0 Å². The number of carbonyl (C=O) groups is 3. The maximum Gasteiger partial charge on any atom is 0.337 e. The Morgan fingerprint density at radius 2 is 1.67 bits per heavy atom. The van der Waals surface area contributed by atoms with Crippen molar-refractivity contribution in [2.24, 2.45) is 5.92 Å². The average molecular weight is 456 g/mol. The van der Waals surface area contributed by atoms with E-state index in [2.05, 4.69) is 9.64 Å². The molecule has 2 saturated heterocycles. The van der Waals surface area contributed by atoms with Gasteiger partial charge in [-0.05, 0) is 86.7 Å². The second-order valence-electron chi connectivity index (χ2n) is 8.62. The van der Waals surface area contributed by atoms with Gasteiger partial charge in [-0.1, -0.05) is 0 Å². The number of esters is 1. The molecule has 1 unspecified atom stereocenters. The molecule has 2 aromatic rings. The van der Waals surface area contributed by atoms with Gasteiger partial charge in [0.1, 0.15) is 11.6 Å². The zero-order valence-electron chi connectivity index (χ0n) is 18.4. The van der Waals surface area contributed by atoms with Crippen LogP contribution in [0.5, 0.6) is 0 Å². The van der Waals surface area contributed by atoms with Crippen LogP contribution in [0.2, 0.25) is 0 Å². The van der Waals surface area contributed by atoms with Crippen molar-refractivity contribution in [1.82, 2.24) is 4.90 Å². The monoisotopic (exact) mass is 456 g/mol. The summed E-state index contributed by atoms with van der Waals surface area (Å²) in [7, 11) is 1.29. The minimum absolute atomic E-state index is 0.130. The maximum absolute atomic E-state index is 13.4. The number of hydrogen-bond donors (Lipinski definition) is 0. The number of imide groups is 1. The van der Waals surface area contributed by atoms with Crippen LogP contribution in [0.1, 0.15) is 41.6 Å². The van der Waals surface area contributed by atoms with Crippen LogP contribution in [-0.2, 0) is 20.7 Å². The third-order valence-electron chi connectivity index (χ3n) is 6.52. The molecule has 4 rings (SSSR count). The van der Waals surface area contributed by atoms with Crippen molar-refractivity contribution < 1.29 is 27.9 Å². The Morgan fingerprint density at radius 1 is 1.03 bits per heavy atom. The molecule has 0 aliphatic carbocycles. The molecule has 33 heavy (non-hydrogen) atoms. The van der Waals surface area contributed by atoms with Crippen molar-refractivity contribution in [3.63, 3.8) is 0 Å². The molecule has 2 amide bonds. The number of benzene rings is 2. The Labute approximate surface area is 191 Å². The second kappa shape index (κ2) is 9.79. The fraction of sp³-hybridized carbons (Fsp3) is 0.400. The van der Waals surface area contributed by atoms with Gasteiger partial charge < -0.3 is 4.74 Å². The highest BCUT2D eigenvalue weighted by Gasteiger charge is 2.43. The number of aryl methyl sites for hydroxylation is 1. The zero-order chi connectivity index (χ0) is 23.5. The van der Waals surface area contributed by atoms with E-state index in [1.165, 1.54) is 36.3 Å². The van der Waals surface area contributed by atoms with Gasteiger partial charge in [0.2, 0.25) is 5.91 Å². The Bertz CT molecular complexity index is 1030. The van der Waals surface area contributed by atoms with Crippen LogP contribution >= 0.6 is 0 Å². The Hall–Kier alpha value is -3.13. The standard InChI is InChI=1S/C25H26F2N2O4/c1-33-25(32)18-4-6-21(7-5-18)29-23(30)15-22(24(29)31)28-10-8-16(9-11-28)2-3-17-12-19(26)14-20(27)13-17/h4-7,12-14,16,22H,2-3,8-11,15H2,1H3. The summed E-state index contributed by atoms with van der Waals surface area (Å²) in [5, 5.41) is 0. The fourth-order valence-corrected chi connectivity index (χ4v) is 4.72. The summed E-state index contributed by atoms with van der Waals surface area (Å²) in [4.78, 5) is 40.5. The van der Waals surface area contributed by atoms with Gasteiger partial charge in [0.05, 0.1) is 30.8 Å². The molecule has 0 spiro atoms. The van der Waals surface area contributed by atoms with E-state index in [0.717, 1.165) is 25.3 Å². The summed E-state index contributed by atoms with van der Waals surface area (Å²) in [6.07, 6.45) is 3.29. The van der Waals surface area contributed by atoms with Gasteiger partial charge in [0.25, 0.3) is 5.91 Å². The Kier molecular flexibility index (Phi) is 6.83. The normalized spacial score (nSPS) is 19.8. The fourth-order valence-electron chi connectivity index (χ4n) is 4.72. The summed E-state index contributed by atoms with van der Waals surface area (Å²) in [6.45, 7) is 1.39. The van der Waals surface area contributed by atoms with Crippen LogP contribution < -0.4 is 4.90 Å². The number of carbonyl (C=O) groups excluding carboxylic acids is 3. The molecule has 0 saturated carbocycles. The molecule has 2 aliphatic heterocycles. The molecule has 0 bridgehead atoms. The van der Waals surface area contributed by atoms with E-state index in [0.29, 0.717) is 42.2 Å². The Morgan fingerprint density at radius 3 is 2.27 bits per heavy atom. The second-order valence-corrected chi connectivity index (χ2v) is 8.62. The van der Waals surface area contributed by atoms with E-state index in [9.17, 15) is 23.2 Å². The SMILES string of the molecule is COC(=O)c1ccc(N2C(=O)CC(N3CCC(CCc4cc(F)cc(F)c4)CC3)C2=O)cc1. The van der Waals surface area contributed by atoms with E-state index in [1.54, 1.807) is 12.1 Å². The van der Waals surface area contributed by atoms with E-state index in [-0.39, 0.29) is 18.2 Å². The predicted molar refractivity (Wildman–Crippen MR) is 118 cm³/mol. The number of piperidine rings is 1. The van der Waals surface area contributed by atoms with E-state index < -0.39 is 23.6 Å². The quantitative estimate of drug-likeness (QED) is 0.490. The third kappa shape index (κ3) is 5.11. The van der Waals surface area contributed by atoms with Crippen LogP contribution in [0.25, 0.3) is 0 Å². The van der Waals surface area contributed by atoms with E-state index >= 15 is 0 Å². The number of anilines is 1. The first-order valence-corrected chi connectivity index (χ1v) is 11.1. The molecule has 0 N–H and O–H groups in total. The lowest BCUT2D eigenvalue weighted by Crippen LogP contribution is -2.46. The van der Waals surface area contributed by atoms with Gasteiger partial charge >= 0.3 is 5.97 Å². The first kappa shape index (κ1) is 23.0. The average Bonchev–Trinajstić information content (AvgIpc) is 3.10. The summed E-state index contributed by atoms with van der Waals surface area (Å²) in [6, 6.07) is 9.34. The van der Waals surface area contributed by atoms with Crippen molar-refractivity contribution in [1.29, 1.82) is 0 Å². The summed E-state index contributed by atoms with van der Waals surface area (Å²) >= 11 is 0. The van der Waals surface area contributed by atoms with Crippen molar-refractivity contribution in [3.8, 4) is 0 Å². The Balaban J connectivity index is 1.33. The topological polar surface area (TPSA) is 66.9 Å². The van der Waals surface area contributed by atoms with Crippen LogP contribution in [0.15, 0.2) is 42.5 Å². The minimum atomic E-state index is -0.561. The molecule has 0 radical (unpaired) electrons. The molecule has 0 aromatic heterocycles. The number of amides is 2. The largest absolute Gasteiger partial charge is 0.465 e. The first-order chi connectivity index (χ1) is 15.9. The van der Waals surface area contributed by atoms with Gasteiger partial charge in [-0.15, -0.1) is 0 Å². The van der Waals surface area contributed by atoms with Gasteiger partial charge in [-0.2, -0.15) is 0 Å². The highest BCUT2D eigenvalue weighted by Crippen LogP contribution is 2.30. The number of methoxy groups -OCH3 is 1. The summed E-state index contributed by atoms with van der Waals surface area (Å²) in [5.41, 5.74) is 1.44. The lowest BCUT2D eigenvalue weighted by molar-refractivity contribution is -0.123. The highest BCUT2D eigenvalue weighted by atomic mass is 19.1. The molecule has 2 aliphatic rings. The number of halogens is 2. The maximum atomic E-state index is 13.4. The van der Waals surface area contributed by atoms with Crippen LogP contribution in [0.4, 0.5) is 14.5 Å². The van der Waals surface area contributed by atoms with Crippen molar-refractivity contribution in [2.75, 3.05) is 25.1 Å². The van der Waals surface area contributed by atoms with E-state index in [1.807, 2.05) is 0 Å². The van der Waals surface area contributed by atoms with Crippen molar-refractivity contribution >= 4 is 23.5 Å². The van der Waals surface area contributed by atoms with Crippen LogP contribution in [-0.4, -0.2) is 48.9 Å². The molecule has 6 nitrogen and oxygen atoms in total. The van der Waals surface area contributed by atoms with Crippen LogP contribution in [0, 0.1) is 17.6 Å². The van der Waals surface area contributed by atoms with Crippen molar-refractivity contribution in [3.05, 3.63) is 65.2 Å². The van der Waals surface area contributed by atoms with Gasteiger partial charge in [0.15, 0.2) is 0 Å². The lowest BCUT2D eigenvalue weighted by Gasteiger charge is -2.34. The number of ether oxygens (including phenoxy) is 1. The number of likely N-dealkylation sites (tertiary alicyclic amines) is 1. The third-order valence-corrected chi connectivity index (χ3v) is 6.52. The lowest BCUT2D eigenvalue weighted by atomic mass is 9.89.